The second-order valence-electron chi connectivity index (χ2n) is 4.07. The molecule has 4 nitrogen and oxygen atoms in total. The van der Waals surface area contributed by atoms with Crippen LogP contribution in [0.15, 0.2) is 53.4 Å². The summed E-state index contributed by atoms with van der Waals surface area (Å²) in [5, 5.41) is 2.79. The van der Waals surface area contributed by atoms with E-state index in [2.05, 4.69) is 5.32 Å². The number of methoxy groups -OCH3 is 1. The van der Waals surface area contributed by atoms with Crippen molar-refractivity contribution in [1.82, 2.24) is 0 Å². The van der Waals surface area contributed by atoms with Crippen molar-refractivity contribution in [3.05, 3.63) is 48.5 Å². The molecule has 0 spiro atoms. The molecular formula is C15H16N2O2S. The Kier molecular flexibility index (Phi) is 4.90. The molecular weight excluding hydrogens is 272 g/mol. The zero-order valence-electron chi connectivity index (χ0n) is 11.1. The molecule has 0 saturated heterocycles. The molecule has 0 heterocycles. The largest absolute Gasteiger partial charge is 0.496 e. The highest BCUT2D eigenvalue weighted by Gasteiger charge is 2.08. The van der Waals surface area contributed by atoms with Crippen LogP contribution in [0, 0.1) is 0 Å². The third-order valence-electron chi connectivity index (χ3n) is 2.66. The van der Waals surface area contributed by atoms with Crippen LogP contribution in [0.5, 0.6) is 5.75 Å². The number of nitrogen functional groups attached to an aromatic ring is 1. The molecule has 0 aliphatic rings. The number of nitrogens with one attached hydrogen (secondary N) is 1. The highest BCUT2D eigenvalue weighted by Crippen LogP contribution is 2.28. The van der Waals surface area contributed by atoms with Gasteiger partial charge < -0.3 is 15.8 Å². The summed E-state index contributed by atoms with van der Waals surface area (Å²) in [5.41, 5.74) is 6.98. The molecule has 1 amide bonds. The molecule has 0 unspecified atom stereocenters. The standard InChI is InChI=1S/C15H16N2O2S/c1-19-13-8-4-5-9-14(13)20-10-15(18)17-12-7-3-2-6-11(12)16/h2-9H,10,16H2,1H3,(H,17,18). The van der Waals surface area contributed by atoms with Crippen LogP contribution in [0.25, 0.3) is 0 Å². The molecule has 3 N–H and O–H groups in total. The van der Waals surface area contributed by atoms with E-state index in [1.165, 1.54) is 11.8 Å². The lowest BCUT2D eigenvalue weighted by Crippen LogP contribution is -2.15. The van der Waals surface area contributed by atoms with Crippen LogP contribution < -0.4 is 15.8 Å². The third kappa shape index (κ3) is 3.68. The van der Waals surface area contributed by atoms with Crippen LogP contribution in [0.2, 0.25) is 0 Å². The van der Waals surface area contributed by atoms with Gasteiger partial charge in [0.05, 0.1) is 24.2 Å². The lowest BCUT2D eigenvalue weighted by Gasteiger charge is -2.09. The first kappa shape index (κ1) is 14.3. The fourth-order valence-electron chi connectivity index (χ4n) is 1.68. The van der Waals surface area contributed by atoms with Gasteiger partial charge in [-0.05, 0) is 24.3 Å². The summed E-state index contributed by atoms with van der Waals surface area (Å²) >= 11 is 1.43. The summed E-state index contributed by atoms with van der Waals surface area (Å²) < 4.78 is 5.24. The molecule has 0 saturated carbocycles. The molecule has 0 atom stereocenters. The minimum absolute atomic E-state index is 0.0983. The lowest BCUT2D eigenvalue weighted by molar-refractivity contribution is -0.113. The number of anilines is 2. The number of rotatable bonds is 5. The van der Waals surface area contributed by atoms with Gasteiger partial charge in [-0.15, -0.1) is 11.8 Å². The van der Waals surface area contributed by atoms with Crippen LogP contribution in [0.4, 0.5) is 11.4 Å². The molecule has 0 radical (unpaired) electrons. The first-order chi connectivity index (χ1) is 9.70. The van der Waals surface area contributed by atoms with Crippen LogP contribution in [-0.2, 0) is 4.79 Å². The minimum atomic E-state index is -0.0983. The van der Waals surface area contributed by atoms with Gasteiger partial charge in [0.1, 0.15) is 5.75 Å². The molecule has 2 aromatic rings. The van der Waals surface area contributed by atoms with Crippen molar-refractivity contribution in [3.63, 3.8) is 0 Å². The maximum atomic E-state index is 11.9. The molecule has 0 bridgehead atoms. The molecule has 0 aliphatic heterocycles. The molecule has 0 aromatic heterocycles. The third-order valence-corrected chi connectivity index (χ3v) is 3.72. The Morgan fingerprint density at radius 1 is 1.20 bits per heavy atom. The predicted molar refractivity (Wildman–Crippen MR) is 83.2 cm³/mol. The predicted octanol–water partition coefficient (Wildman–Crippen LogP) is 3.01. The van der Waals surface area contributed by atoms with Crippen molar-refractivity contribution >= 4 is 29.0 Å². The van der Waals surface area contributed by atoms with E-state index in [-0.39, 0.29) is 5.91 Å². The van der Waals surface area contributed by atoms with E-state index in [1.54, 1.807) is 19.2 Å². The van der Waals surface area contributed by atoms with Crippen LogP contribution >= 0.6 is 11.8 Å². The van der Waals surface area contributed by atoms with Crippen molar-refractivity contribution in [1.29, 1.82) is 0 Å². The van der Waals surface area contributed by atoms with Crippen molar-refractivity contribution < 1.29 is 9.53 Å². The molecule has 0 fully saturated rings. The van der Waals surface area contributed by atoms with Gasteiger partial charge in [-0.25, -0.2) is 0 Å². The van der Waals surface area contributed by atoms with Gasteiger partial charge in [-0.3, -0.25) is 4.79 Å². The summed E-state index contributed by atoms with van der Waals surface area (Å²) in [6.07, 6.45) is 0. The minimum Gasteiger partial charge on any atom is -0.496 e. The Hall–Kier alpha value is -2.14. The number of hydrogen-bond acceptors (Lipinski definition) is 4. The van der Waals surface area contributed by atoms with E-state index in [9.17, 15) is 4.79 Å². The summed E-state index contributed by atoms with van der Waals surface area (Å²) in [4.78, 5) is 12.8. The van der Waals surface area contributed by atoms with Crippen LogP contribution in [0.1, 0.15) is 0 Å². The van der Waals surface area contributed by atoms with E-state index in [0.717, 1.165) is 10.6 Å². The zero-order chi connectivity index (χ0) is 14.4. The summed E-state index contributed by atoms with van der Waals surface area (Å²) in [6, 6.07) is 14.8. The Bertz CT molecular complexity index is 602. The first-order valence-electron chi connectivity index (χ1n) is 6.11. The number of benzene rings is 2. The first-order valence-corrected chi connectivity index (χ1v) is 7.09. The molecule has 20 heavy (non-hydrogen) atoms. The maximum absolute atomic E-state index is 11.9. The van der Waals surface area contributed by atoms with E-state index in [4.69, 9.17) is 10.5 Å². The van der Waals surface area contributed by atoms with Crippen molar-refractivity contribution in [2.45, 2.75) is 4.90 Å². The van der Waals surface area contributed by atoms with Gasteiger partial charge in [0, 0.05) is 4.90 Å². The van der Waals surface area contributed by atoms with Crippen LogP contribution in [0.3, 0.4) is 0 Å². The zero-order valence-corrected chi connectivity index (χ0v) is 11.9. The summed E-state index contributed by atoms with van der Waals surface area (Å²) in [6.45, 7) is 0. The number of amides is 1. The lowest BCUT2D eigenvalue weighted by atomic mass is 10.3. The quantitative estimate of drug-likeness (QED) is 0.655. The highest BCUT2D eigenvalue weighted by atomic mass is 32.2. The Balaban J connectivity index is 1.94. The number of thioether (sulfide) groups is 1. The maximum Gasteiger partial charge on any atom is 0.234 e. The van der Waals surface area contributed by atoms with E-state index < -0.39 is 0 Å². The Labute approximate surface area is 122 Å². The summed E-state index contributed by atoms with van der Waals surface area (Å²) in [7, 11) is 1.62. The molecule has 0 aliphatic carbocycles. The fraction of sp³-hybridized carbons (Fsp3) is 0.133. The smallest absolute Gasteiger partial charge is 0.234 e. The number of ether oxygens (including phenoxy) is 1. The second kappa shape index (κ2) is 6.86. The average Bonchev–Trinajstić information content (AvgIpc) is 2.48. The normalized spacial score (nSPS) is 10.1. The van der Waals surface area contributed by atoms with Gasteiger partial charge in [0.15, 0.2) is 0 Å². The van der Waals surface area contributed by atoms with Crippen molar-refractivity contribution in [3.8, 4) is 5.75 Å². The van der Waals surface area contributed by atoms with E-state index >= 15 is 0 Å². The number of nitrogens with two attached hydrogens (primary N) is 1. The number of carbonyl (C=O) groups is 1. The molecule has 2 aromatic carbocycles. The van der Waals surface area contributed by atoms with Gasteiger partial charge in [0.25, 0.3) is 0 Å². The van der Waals surface area contributed by atoms with Gasteiger partial charge >= 0.3 is 0 Å². The van der Waals surface area contributed by atoms with Crippen LogP contribution in [-0.4, -0.2) is 18.8 Å². The van der Waals surface area contributed by atoms with Crippen molar-refractivity contribution in [2.24, 2.45) is 0 Å². The molecule has 5 heteroatoms. The molecule has 104 valence electrons. The van der Waals surface area contributed by atoms with Gasteiger partial charge in [-0.2, -0.15) is 0 Å². The Morgan fingerprint density at radius 3 is 2.65 bits per heavy atom. The Morgan fingerprint density at radius 2 is 1.90 bits per heavy atom. The van der Waals surface area contributed by atoms with Gasteiger partial charge in [0.2, 0.25) is 5.91 Å². The van der Waals surface area contributed by atoms with Crippen molar-refractivity contribution in [2.75, 3.05) is 23.9 Å². The second-order valence-corrected chi connectivity index (χ2v) is 5.09. The van der Waals surface area contributed by atoms with E-state index in [0.29, 0.717) is 17.1 Å². The fourth-order valence-corrected chi connectivity index (χ4v) is 2.51. The molecule has 2 rings (SSSR count). The van der Waals surface area contributed by atoms with Gasteiger partial charge in [-0.1, -0.05) is 24.3 Å². The highest BCUT2D eigenvalue weighted by molar-refractivity contribution is 8.00. The number of hydrogen-bond donors (Lipinski definition) is 2. The monoisotopic (exact) mass is 288 g/mol. The topological polar surface area (TPSA) is 64.3 Å². The number of para-hydroxylation sites is 3. The SMILES string of the molecule is COc1ccccc1SCC(=O)Nc1ccccc1N. The average molecular weight is 288 g/mol. The van der Waals surface area contributed by atoms with E-state index in [1.807, 2.05) is 36.4 Å². The number of carbonyl (C=O) groups excluding carboxylic acids is 1. The summed E-state index contributed by atoms with van der Waals surface area (Å²) in [5.74, 6) is 0.970.